The molecule has 0 spiro atoms. The first-order valence-corrected chi connectivity index (χ1v) is 6.10. The molecule has 2 atom stereocenters. The van der Waals surface area contributed by atoms with E-state index in [9.17, 15) is 0 Å². The van der Waals surface area contributed by atoms with Gasteiger partial charge in [-0.1, -0.05) is 18.4 Å². The number of fused-ring (bicyclic) bond motifs is 1. The van der Waals surface area contributed by atoms with Gasteiger partial charge in [0.2, 0.25) is 0 Å². The van der Waals surface area contributed by atoms with Crippen molar-refractivity contribution in [1.82, 2.24) is 0 Å². The van der Waals surface area contributed by atoms with E-state index in [1.165, 1.54) is 44.1 Å². The number of nitrogens with zero attached hydrogens (tertiary/aromatic N) is 1. The molecule has 0 aromatic heterocycles. The molecule has 0 saturated heterocycles. The zero-order valence-corrected chi connectivity index (χ0v) is 9.00. The maximum Gasteiger partial charge on any atom is 0.0259 e. The lowest BCUT2D eigenvalue weighted by Gasteiger charge is -2.42. The fraction of sp³-hybridized carbons (Fsp3) is 0.769. The van der Waals surface area contributed by atoms with E-state index in [2.05, 4.69) is 13.1 Å². The van der Waals surface area contributed by atoms with E-state index < -0.39 is 0 Å². The molecule has 0 bridgehead atoms. The number of allylic oxidation sites excluding steroid dienone is 1. The molecule has 0 N–H and O–H groups in total. The molecule has 76 valence electrons. The highest BCUT2D eigenvalue weighted by Crippen LogP contribution is 2.46. The molecule has 1 heterocycles. The Balaban J connectivity index is 1.84. The maximum atomic E-state index is 4.73. The van der Waals surface area contributed by atoms with E-state index in [1.54, 1.807) is 5.71 Å². The summed E-state index contributed by atoms with van der Waals surface area (Å²) in [4.78, 5) is 4.73. The molecule has 0 radical (unpaired) electrons. The van der Waals surface area contributed by atoms with Crippen molar-refractivity contribution in [3.8, 4) is 0 Å². The van der Waals surface area contributed by atoms with Gasteiger partial charge in [0.05, 0.1) is 0 Å². The summed E-state index contributed by atoms with van der Waals surface area (Å²) in [6.07, 6.45) is 10.7. The zero-order chi connectivity index (χ0) is 9.54. The van der Waals surface area contributed by atoms with E-state index in [0.29, 0.717) is 0 Å². The lowest BCUT2D eigenvalue weighted by atomic mass is 9.64. The van der Waals surface area contributed by atoms with Gasteiger partial charge < -0.3 is 0 Å². The lowest BCUT2D eigenvalue weighted by Crippen LogP contribution is -2.38. The van der Waals surface area contributed by atoms with Crippen molar-refractivity contribution in [3.05, 3.63) is 11.8 Å². The van der Waals surface area contributed by atoms with Gasteiger partial charge in [0.15, 0.2) is 0 Å². The summed E-state index contributed by atoms with van der Waals surface area (Å²) < 4.78 is 0. The van der Waals surface area contributed by atoms with E-state index in [0.717, 1.165) is 17.8 Å². The fourth-order valence-electron chi connectivity index (χ4n) is 3.40. The molecule has 1 heteroatoms. The molecule has 1 nitrogen and oxygen atoms in total. The van der Waals surface area contributed by atoms with Gasteiger partial charge in [0, 0.05) is 17.8 Å². The van der Waals surface area contributed by atoms with Gasteiger partial charge in [-0.2, -0.15) is 0 Å². The Morgan fingerprint density at radius 3 is 2.43 bits per heavy atom. The van der Waals surface area contributed by atoms with E-state index in [1.807, 2.05) is 0 Å². The Labute approximate surface area is 86.3 Å². The monoisotopic (exact) mass is 189 g/mol. The van der Waals surface area contributed by atoms with Crippen molar-refractivity contribution in [1.29, 1.82) is 0 Å². The van der Waals surface area contributed by atoms with E-state index >= 15 is 0 Å². The van der Waals surface area contributed by atoms with Crippen molar-refractivity contribution >= 4 is 5.71 Å². The zero-order valence-electron chi connectivity index (χ0n) is 9.00. The molecule has 2 unspecified atom stereocenters. The molecular weight excluding hydrogens is 170 g/mol. The Morgan fingerprint density at radius 2 is 1.79 bits per heavy atom. The van der Waals surface area contributed by atoms with Crippen LogP contribution < -0.4 is 0 Å². The Kier molecular flexibility index (Phi) is 2.00. The Hall–Kier alpha value is -0.590. The molecule has 14 heavy (non-hydrogen) atoms. The fourth-order valence-corrected chi connectivity index (χ4v) is 3.40. The summed E-state index contributed by atoms with van der Waals surface area (Å²) in [7, 11) is 0. The first-order chi connectivity index (χ1) is 6.86. The van der Waals surface area contributed by atoms with Crippen LogP contribution in [0.4, 0.5) is 0 Å². The van der Waals surface area contributed by atoms with Gasteiger partial charge in [-0.05, 0) is 44.4 Å². The van der Waals surface area contributed by atoms with Crippen molar-refractivity contribution in [2.24, 2.45) is 22.7 Å². The number of hydrogen-bond donors (Lipinski definition) is 0. The third-order valence-corrected chi connectivity index (χ3v) is 4.43. The van der Waals surface area contributed by atoms with Crippen LogP contribution in [0.1, 0.15) is 45.4 Å². The molecule has 0 aromatic rings. The third-order valence-electron chi connectivity index (χ3n) is 4.43. The number of hydrogen-bond acceptors (Lipinski definition) is 1. The van der Waals surface area contributed by atoms with Gasteiger partial charge in [-0.3, -0.25) is 4.99 Å². The van der Waals surface area contributed by atoms with Crippen molar-refractivity contribution < 1.29 is 0 Å². The molecule has 3 aliphatic rings. The van der Waals surface area contributed by atoms with Gasteiger partial charge >= 0.3 is 0 Å². The Bertz CT molecular complexity index is 290. The third kappa shape index (κ3) is 1.18. The van der Waals surface area contributed by atoms with Crippen LogP contribution in [0, 0.1) is 17.8 Å². The van der Waals surface area contributed by atoms with Crippen molar-refractivity contribution in [3.63, 3.8) is 0 Å². The second-order valence-electron chi connectivity index (χ2n) is 5.20. The topological polar surface area (TPSA) is 12.4 Å². The number of rotatable bonds is 1. The average molecular weight is 189 g/mol. The molecular formula is C13H19N. The SMILES string of the molecule is CC1=CN=C(C2CCCC2)C2CCC12. The molecule has 0 amide bonds. The first kappa shape index (κ1) is 8.70. The highest BCUT2D eigenvalue weighted by Gasteiger charge is 2.40. The predicted molar refractivity (Wildman–Crippen MR) is 59.4 cm³/mol. The van der Waals surface area contributed by atoms with Crippen LogP contribution in [-0.4, -0.2) is 5.71 Å². The minimum absolute atomic E-state index is 0.850. The molecule has 3 rings (SSSR count). The second kappa shape index (κ2) is 3.22. The summed E-state index contributed by atoms with van der Waals surface area (Å²) in [5, 5.41) is 0. The van der Waals surface area contributed by atoms with Crippen LogP contribution in [0.3, 0.4) is 0 Å². The normalized spacial score (nSPS) is 37.2. The van der Waals surface area contributed by atoms with E-state index in [4.69, 9.17) is 4.99 Å². The van der Waals surface area contributed by atoms with Crippen LogP contribution in [0.15, 0.2) is 16.8 Å². The second-order valence-corrected chi connectivity index (χ2v) is 5.20. The van der Waals surface area contributed by atoms with Crippen molar-refractivity contribution in [2.45, 2.75) is 45.4 Å². The quantitative estimate of drug-likeness (QED) is 0.598. The van der Waals surface area contributed by atoms with Crippen LogP contribution in [0.5, 0.6) is 0 Å². The molecule has 2 aliphatic carbocycles. The first-order valence-electron chi connectivity index (χ1n) is 6.10. The van der Waals surface area contributed by atoms with Gasteiger partial charge in [0.25, 0.3) is 0 Å². The van der Waals surface area contributed by atoms with E-state index in [-0.39, 0.29) is 0 Å². The van der Waals surface area contributed by atoms with Crippen LogP contribution in [-0.2, 0) is 0 Å². The molecule has 2 saturated carbocycles. The predicted octanol–water partition coefficient (Wildman–Crippen LogP) is 3.56. The van der Waals surface area contributed by atoms with Crippen LogP contribution in [0.2, 0.25) is 0 Å². The van der Waals surface area contributed by atoms with Gasteiger partial charge in [-0.15, -0.1) is 0 Å². The smallest absolute Gasteiger partial charge is 0.0259 e. The van der Waals surface area contributed by atoms with Crippen molar-refractivity contribution in [2.75, 3.05) is 0 Å². The van der Waals surface area contributed by atoms with Crippen LogP contribution in [0.25, 0.3) is 0 Å². The highest BCUT2D eigenvalue weighted by atomic mass is 14.8. The van der Waals surface area contributed by atoms with Gasteiger partial charge in [0.1, 0.15) is 0 Å². The molecule has 2 fully saturated rings. The highest BCUT2D eigenvalue weighted by molar-refractivity contribution is 5.91. The summed E-state index contributed by atoms with van der Waals surface area (Å²) in [6.45, 7) is 2.26. The number of aliphatic imine (C=N–C) groups is 1. The summed E-state index contributed by atoms with van der Waals surface area (Å²) in [5.41, 5.74) is 3.10. The average Bonchev–Trinajstić information content (AvgIpc) is 2.60. The molecule has 1 aliphatic heterocycles. The minimum Gasteiger partial charge on any atom is -0.265 e. The van der Waals surface area contributed by atoms with Crippen LogP contribution >= 0.6 is 0 Å². The van der Waals surface area contributed by atoms with Gasteiger partial charge in [-0.25, -0.2) is 0 Å². The Morgan fingerprint density at radius 1 is 1.07 bits per heavy atom. The summed E-state index contributed by atoms with van der Waals surface area (Å²) >= 11 is 0. The summed E-state index contributed by atoms with van der Waals surface area (Å²) in [5.74, 6) is 2.58. The minimum atomic E-state index is 0.850. The largest absolute Gasteiger partial charge is 0.265 e. The lowest BCUT2D eigenvalue weighted by molar-refractivity contribution is 0.277. The molecule has 0 aromatic carbocycles. The maximum absolute atomic E-state index is 4.73. The summed E-state index contributed by atoms with van der Waals surface area (Å²) in [6, 6.07) is 0. The standard InChI is InChI=1S/C13H19N/c1-9-8-14-13(10-4-2-3-5-10)12-7-6-11(9)12/h8,10-12H,2-7H2,1H3.